The number of hydrogen-bond donors (Lipinski definition) is 4. The third-order valence-corrected chi connectivity index (χ3v) is 9.06. The molecule has 3 aromatic rings. The van der Waals surface area contributed by atoms with Crippen molar-refractivity contribution in [2.75, 3.05) is 33.2 Å². The van der Waals surface area contributed by atoms with Crippen molar-refractivity contribution in [2.45, 2.75) is 58.0 Å². The zero-order chi connectivity index (χ0) is 31.5. The van der Waals surface area contributed by atoms with Crippen LogP contribution in [0, 0.1) is 5.92 Å². The molecule has 0 aliphatic carbocycles. The molecule has 0 saturated heterocycles. The van der Waals surface area contributed by atoms with Crippen molar-refractivity contribution < 1.29 is 19.2 Å². The molecule has 4 N–H and O–H groups in total. The summed E-state index contributed by atoms with van der Waals surface area (Å²) in [7, 11) is 1.72. The number of hydrogen-bond acceptors (Lipinski definition) is 9. The molecule has 4 amide bonds. The Bertz CT molecular complexity index is 1420. The Balaban J connectivity index is 0.00000552. The topological polar surface area (TPSA) is 145 Å². The molecule has 0 fully saturated rings. The minimum absolute atomic E-state index is 0. The molecule has 2 atom stereocenters. The first-order valence-corrected chi connectivity index (χ1v) is 16.7. The van der Waals surface area contributed by atoms with Crippen LogP contribution >= 0.6 is 35.1 Å². The first kappa shape index (κ1) is 36.1. The number of aromatic nitrogens is 2. The summed E-state index contributed by atoms with van der Waals surface area (Å²) in [5, 5.41) is 16.7. The molecule has 14 heteroatoms. The number of rotatable bonds is 6. The van der Waals surface area contributed by atoms with Gasteiger partial charge in [0.25, 0.3) is 11.8 Å². The summed E-state index contributed by atoms with van der Waals surface area (Å²) in [6.45, 7) is 5.59. The van der Waals surface area contributed by atoms with Crippen LogP contribution in [0.2, 0.25) is 0 Å². The predicted octanol–water partition coefficient (Wildman–Crippen LogP) is 3.90. The van der Waals surface area contributed by atoms with Gasteiger partial charge in [0.15, 0.2) is 0 Å². The number of amides is 4. The average Bonchev–Trinajstić information content (AvgIpc) is 3.69. The molecule has 1 aromatic carbocycles. The quantitative estimate of drug-likeness (QED) is 0.310. The van der Waals surface area contributed by atoms with Gasteiger partial charge in [0.2, 0.25) is 11.8 Å². The van der Waals surface area contributed by atoms with Crippen LogP contribution in [-0.4, -0.2) is 71.7 Å². The van der Waals surface area contributed by atoms with Crippen molar-refractivity contribution in [2.24, 2.45) is 5.92 Å². The standard InChI is InChI=1S/C31H41N7O4S2.ClH/c1-20(2)15-22-30-37-25(19-44-30)29(42)35-23(16-21-9-5-4-6-10-21)31-36-24(18-43-31)28(41)33-12-8-14-38(27(40)17-32-3)13-7-11-26(39)34-22;/h4-6,9-10,18-20,22-23,32H,7-8,11-17H2,1-3H3,(H,33,41)(H,34,39)(H,35,42);1H/t22?,23-;/m0./s1. The van der Waals surface area contributed by atoms with Crippen LogP contribution in [0.1, 0.15) is 88.2 Å². The monoisotopic (exact) mass is 675 g/mol. The Morgan fingerprint density at radius 1 is 0.956 bits per heavy atom. The maximum Gasteiger partial charge on any atom is 0.271 e. The molecule has 11 nitrogen and oxygen atoms in total. The van der Waals surface area contributed by atoms with Crippen molar-refractivity contribution in [3.63, 3.8) is 0 Å². The van der Waals surface area contributed by atoms with E-state index in [2.05, 4.69) is 45.1 Å². The van der Waals surface area contributed by atoms with Crippen LogP contribution in [0.3, 0.4) is 0 Å². The maximum absolute atomic E-state index is 13.5. The lowest BCUT2D eigenvalue weighted by Gasteiger charge is -2.23. The molecule has 1 aliphatic rings. The number of thiazole rings is 2. The maximum atomic E-state index is 13.5. The van der Waals surface area contributed by atoms with Gasteiger partial charge in [0.1, 0.15) is 21.4 Å². The van der Waals surface area contributed by atoms with E-state index in [1.165, 1.54) is 22.7 Å². The molecular weight excluding hydrogens is 634 g/mol. The van der Waals surface area contributed by atoms with Gasteiger partial charge >= 0.3 is 0 Å². The number of carbonyl (C=O) groups excluding carboxylic acids is 4. The number of halogens is 1. The van der Waals surface area contributed by atoms with E-state index in [4.69, 9.17) is 0 Å². The van der Waals surface area contributed by atoms with E-state index >= 15 is 0 Å². The van der Waals surface area contributed by atoms with E-state index in [0.717, 1.165) is 5.56 Å². The van der Waals surface area contributed by atoms with Crippen LogP contribution in [0.4, 0.5) is 0 Å². The van der Waals surface area contributed by atoms with Crippen LogP contribution in [0.15, 0.2) is 41.1 Å². The van der Waals surface area contributed by atoms with Crippen LogP contribution in [0.5, 0.6) is 0 Å². The van der Waals surface area contributed by atoms with Gasteiger partial charge in [0.05, 0.1) is 18.6 Å². The van der Waals surface area contributed by atoms with Crippen molar-refractivity contribution in [3.8, 4) is 0 Å². The minimum atomic E-state index is -0.478. The molecule has 45 heavy (non-hydrogen) atoms. The SMILES string of the molecule is CNCC(=O)N1CCCNC(=O)c2csc(n2)[C@H](Cc2ccccc2)NC(=O)c2csc(n2)C(CC(C)C)NC(=O)CCC1.Cl. The molecule has 4 rings (SSSR count). The number of nitrogens with one attached hydrogen (secondary N) is 4. The molecule has 0 saturated carbocycles. The Labute approximate surface area is 278 Å². The van der Waals surface area contributed by atoms with Gasteiger partial charge in [-0.3, -0.25) is 19.2 Å². The molecule has 1 aliphatic heterocycles. The lowest BCUT2D eigenvalue weighted by Crippen LogP contribution is -2.40. The number of benzene rings is 1. The highest BCUT2D eigenvalue weighted by Gasteiger charge is 2.25. The normalized spacial score (nSPS) is 18.7. The number of nitrogens with zero attached hydrogens (tertiary/aromatic N) is 3. The molecule has 2 aromatic heterocycles. The zero-order valence-electron chi connectivity index (χ0n) is 25.8. The van der Waals surface area contributed by atoms with E-state index in [0.29, 0.717) is 55.3 Å². The highest BCUT2D eigenvalue weighted by molar-refractivity contribution is 7.10. The third kappa shape index (κ3) is 10.9. The second-order valence-electron chi connectivity index (χ2n) is 11.2. The van der Waals surface area contributed by atoms with E-state index in [-0.39, 0.29) is 72.3 Å². The lowest BCUT2D eigenvalue weighted by molar-refractivity contribution is -0.131. The fourth-order valence-corrected chi connectivity index (χ4v) is 6.67. The Morgan fingerprint density at radius 2 is 1.60 bits per heavy atom. The summed E-state index contributed by atoms with van der Waals surface area (Å²) in [5.41, 5.74) is 1.56. The van der Waals surface area contributed by atoms with Gasteiger partial charge < -0.3 is 26.2 Å². The van der Waals surface area contributed by atoms with Crippen LogP contribution in [-0.2, 0) is 16.0 Å². The number of carbonyl (C=O) groups is 4. The highest BCUT2D eigenvalue weighted by atomic mass is 35.5. The first-order chi connectivity index (χ1) is 21.2. The highest BCUT2D eigenvalue weighted by Crippen LogP contribution is 2.27. The fourth-order valence-electron chi connectivity index (χ4n) is 4.96. The first-order valence-electron chi connectivity index (χ1n) is 15.0. The summed E-state index contributed by atoms with van der Waals surface area (Å²) in [6, 6.07) is 8.97. The van der Waals surface area contributed by atoms with E-state index in [1.807, 2.05) is 30.3 Å². The van der Waals surface area contributed by atoms with E-state index < -0.39 is 6.04 Å². The molecule has 0 spiro atoms. The average molecular weight is 676 g/mol. The third-order valence-electron chi connectivity index (χ3n) is 7.14. The smallest absolute Gasteiger partial charge is 0.271 e. The molecule has 1 unspecified atom stereocenters. The van der Waals surface area contributed by atoms with Crippen LogP contribution in [0.25, 0.3) is 0 Å². The van der Waals surface area contributed by atoms with Gasteiger partial charge in [-0.15, -0.1) is 35.1 Å². The summed E-state index contributed by atoms with van der Waals surface area (Å²) in [5.74, 6) is -0.555. The van der Waals surface area contributed by atoms with Gasteiger partial charge in [-0.1, -0.05) is 44.2 Å². The van der Waals surface area contributed by atoms with Crippen LogP contribution < -0.4 is 21.3 Å². The van der Waals surface area contributed by atoms with E-state index in [9.17, 15) is 19.2 Å². The van der Waals surface area contributed by atoms with Gasteiger partial charge in [-0.05, 0) is 44.2 Å². The molecular formula is C31H42ClN7O4S2. The molecule has 0 radical (unpaired) electrons. The summed E-state index contributed by atoms with van der Waals surface area (Å²) < 4.78 is 0. The second-order valence-corrected chi connectivity index (χ2v) is 13.0. The summed E-state index contributed by atoms with van der Waals surface area (Å²) in [4.78, 5) is 63.1. The van der Waals surface area contributed by atoms with Crippen molar-refractivity contribution in [1.29, 1.82) is 0 Å². The number of fused-ring (bicyclic) bond motifs is 4. The van der Waals surface area contributed by atoms with Crippen molar-refractivity contribution >= 4 is 58.7 Å². The van der Waals surface area contributed by atoms with Crippen molar-refractivity contribution in [1.82, 2.24) is 36.1 Å². The Morgan fingerprint density at radius 3 is 2.27 bits per heavy atom. The predicted molar refractivity (Wildman–Crippen MR) is 179 cm³/mol. The van der Waals surface area contributed by atoms with Crippen molar-refractivity contribution in [3.05, 3.63) is 68.1 Å². The number of likely N-dealkylation sites (N-methyl/N-ethyl adjacent to an activating group) is 1. The van der Waals surface area contributed by atoms with Gasteiger partial charge in [0, 0.05) is 36.8 Å². The summed E-state index contributed by atoms with van der Waals surface area (Å²) in [6.07, 6.45) is 2.46. The van der Waals surface area contributed by atoms with Gasteiger partial charge in [-0.2, -0.15) is 0 Å². The fraction of sp³-hybridized carbons (Fsp3) is 0.484. The zero-order valence-corrected chi connectivity index (χ0v) is 28.3. The lowest BCUT2D eigenvalue weighted by atomic mass is 10.0. The summed E-state index contributed by atoms with van der Waals surface area (Å²) >= 11 is 2.66. The van der Waals surface area contributed by atoms with E-state index in [1.54, 1.807) is 22.7 Å². The molecule has 3 heterocycles. The second kappa shape index (κ2) is 17.9. The molecule has 4 bridgehead atoms. The minimum Gasteiger partial charge on any atom is -0.351 e. The Hall–Kier alpha value is -3.39. The van der Waals surface area contributed by atoms with Gasteiger partial charge in [-0.25, -0.2) is 9.97 Å². The largest absolute Gasteiger partial charge is 0.351 e. The molecule has 244 valence electrons. The Kier molecular flexibility index (Phi) is 14.4.